The summed E-state index contributed by atoms with van der Waals surface area (Å²) >= 11 is 6.90. The van der Waals surface area contributed by atoms with E-state index >= 15 is 0 Å². The van der Waals surface area contributed by atoms with Crippen molar-refractivity contribution in [2.24, 2.45) is 0 Å². The minimum absolute atomic E-state index is 0.0537. The molecule has 33 heavy (non-hydrogen) atoms. The number of amides is 1. The summed E-state index contributed by atoms with van der Waals surface area (Å²) in [5.41, 5.74) is 2.42. The zero-order valence-electron chi connectivity index (χ0n) is 18.0. The number of carbonyl (C=O) groups excluding carboxylic acids is 1. The number of hydrogen-bond acceptors (Lipinski definition) is 4. The highest BCUT2D eigenvalue weighted by Crippen LogP contribution is 2.25. The van der Waals surface area contributed by atoms with Crippen molar-refractivity contribution < 1.29 is 9.53 Å². The Morgan fingerprint density at radius 3 is 2.42 bits per heavy atom. The number of thiocarbonyl (C=S) groups is 1. The van der Waals surface area contributed by atoms with Crippen LogP contribution in [0.15, 0.2) is 95.9 Å². The number of nitrogens with one attached hydrogen (secondary N) is 3. The van der Waals surface area contributed by atoms with E-state index in [1.807, 2.05) is 84.9 Å². The predicted molar refractivity (Wildman–Crippen MR) is 143 cm³/mol. The Hall–Kier alpha value is -3.55. The number of ether oxygens (including phenoxy) is 1. The van der Waals surface area contributed by atoms with Gasteiger partial charge >= 0.3 is 0 Å². The molecule has 4 aromatic rings. The number of benzene rings is 4. The van der Waals surface area contributed by atoms with Gasteiger partial charge in [0.05, 0.1) is 18.6 Å². The highest BCUT2D eigenvalue weighted by Gasteiger charge is 2.07. The Labute approximate surface area is 202 Å². The van der Waals surface area contributed by atoms with Gasteiger partial charge in [0.25, 0.3) is 0 Å². The standard InChI is InChI=1S/C26H23N3O2S2/c1-31-24-12-5-4-11-23(24)29-26(32)28-20-9-6-10-22(16-20)33-17-25(30)27-21-14-13-18-7-2-3-8-19(18)15-21/h2-16H,17H2,1H3,(H,27,30)(H2,28,29,32). The van der Waals surface area contributed by atoms with Gasteiger partial charge in [0, 0.05) is 16.3 Å². The zero-order valence-corrected chi connectivity index (χ0v) is 19.6. The molecule has 1 amide bonds. The number of methoxy groups -OCH3 is 1. The maximum atomic E-state index is 12.5. The minimum atomic E-state index is -0.0537. The number of carbonyl (C=O) groups is 1. The first kappa shape index (κ1) is 22.6. The molecule has 0 unspecified atom stereocenters. The van der Waals surface area contributed by atoms with Crippen LogP contribution < -0.4 is 20.7 Å². The molecule has 0 atom stereocenters. The fourth-order valence-electron chi connectivity index (χ4n) is 3.31. The lowest BCUT2D eigenvalue weighted by Gasteiger charge is -2.14. The van der Waals surface area contributed by atoms with Gasteiger partial charge in [0.1, 0.15) is 5.75 Å². The van der Waals surface area contributed by atoms with E-state index in [0.29, 0.717) is 16.6 Å². The molecule has 0 aromatic heterocycles. The lowest BCUT2D eigenvalue weighted by atomic mass is 10.1. The maximum absolute atomic E-state index is 12.5. The minimum Gasteiger partial charge on any atom is -0.495 e. The second kappa shape index (κ2) is 10.8. The summed E-state index contributed by atoms with van der Waals surface area (Å²) in [6.07, 6.45) is 0. The molecule has 0 saturated heterocycles. The van der Waals surface area contributed by atoms with Crippen LogP contribution in [0.2, 0.25) is 0 Å². The molecule has 0 aliphatic rings. The second-order valence-electron chi connectivity index (χ2n) is 7.21. The molecule has 0 fully saturated rings. The quantitative estimate of drug-likeness (QED) is 0.214. The van der Waals surface area contributed by atoms with Crippen molar-refractivity contribution >= 4 is 62.8 Å². The van der Waals surface area contributed by atoms with Crippen LogP contribution >= 0.6 is 24.0 Å². The molecule has 5 nitrogen and oxygen atoms in total. The van der Waals surface area contributed by atoms with Crippen LogP contribution in [-0.2, 0) is 4.79 Å². The van der Waals surface area contributed by atoms with Gasteiger partial charge in [-0.05, 0) is 65.5 Å². The number of para-hydroxylation sites is 2. The third-order valence-electron chi connectivity index (χ3n) is 4.85. The van der Waals surface area contributed by atoms with Gasteiger partial charge in [0.15, 0.2) is 5.11 Å². The van der Waals surface area contributed by atoms with Crippen molar-refractivity contribution in [3.8, 4) is 5.75 Å². The molecule has 166 valence electrons. The monoisotopic (exact) mass is 473 g/mol. The predicted octanol–water partition coefficient (Wildman–Crippen LogP) is 6.39. The fraction of sp³-hybridized carbons (Fsp3) is 0.0769. The molecule has 7 heteroatoms. The highest BCUT2D eigenvalue weighted by molar-refractivity contribution is 8.00. The van der Waals surface area contributed by atoms with E-state index in [2.05, 4.69) is 22.0 Å². The Balaban J connectivity index is 1.31. The van der Waals surface area contributed by atoms with Gasteiger partial charge in [-0.3, -0.25) is 4.79 Å². The van der Waals surface area contributed by atoms with E-state index in [4.69, 9.17) is 17.0 Å². The Bertz CT molecular complexity index is 1290. The summed E-state index contributed by atoms with van der Waals surface area (Å²) in [5.74, 6) is 0.964. The lowest BCUT2D eigenvalue weighted by molar-refractivity contribution is -0.113. The number of rotatable bonds is 7. The van der Waals surface area contributed by atoms with Crippen LogP contribution in [0.1, 0.15) is 0 Å². The molecule has 4 aromatic carbocycles. The summed E-state index contributed by atoms with van der Waals surface area (Å²) in [6, 6.07) is 29.3. The third-order valence-corrected chi connectivity index (χ3v) is 6.05. The Kier molecular flexibility index (Phi) is 7.44. The topological polar surface area (TPSA) is 62.4 Å². The molecular weight excluding hydrogens is 450 g/mol. The van der Waals surface area contributed by atoms with Crippen molar-refractivity contribution in [1.82, 2.24) is 0 Å². The average Bonchev–Trinajstić information content (AvgIpc) is 2.83. The van der Waals surface area contributed by atoms with Crippen molar-refractivity contribution in [3.63, 3.8) is 0 Å². The van der Waals surface area contributed by atoms with Gasteiger partial charge in [-0.15, -0.1) is 11.8 Å². The Morgan fingerprint density at radius 2 is 1.58 bits per heavy atom. The molecule has 0 radical (unpaired) electrons. The highest BCUT2D eigenvalue weighted by atomic mass is 32.2. The van der Waals surface area contributed by atoms with Crippen molar-refractivity contribution in [2.45, 2.75) is 4.90 Å². The zero-order chi connectivity index (χ0) is 23.0. The van der Waals surface area contributed by atoms with Crippen LogP contribution in [0.3, 0.4) is 0 Å². The third kappa shape index (κ3) is 6.25. The normalized spacial score (nSPS) is 10.5. The number of anilines is 3. The molecule has 0 saturated carbocycles. The summed E-state index contributed by atoms with van der Waals surface area (Å²) in [5, 5.41) is 12.0. The van der Waals surface area contributed by atoms with Crippen LogP contribution in [-0.4, -0.2) is 23.9 Å². The fourth-order valence-corrected chi connectivity index (χ4v) is 4.29. The second-order valence-corrected chi connectivity index (χ2v) is 8.66. The molecule has 4 rings (SSSR count). The van der Waals surface area contributed by atoms with E-state index in [1.54, 1.807) is 7.11 Å². The van der Waals surface area contributed by atoms with Gasteiger partial charge in [-0.2, -0.15) is 0 Å². The van der Waals surface area contributed by atoms with Crippen molar-refractivity contribution in [1.29, 1.82) is 0 Å². The molecule has 0 spiro atoms. The Morgan fingerprint density at radius 1 is 0.818 bits per heavy atom. The van der Waals surface area contributed by atoms with Gasteiger partial charge in [-0.1, -0.05) is 48.5 Å². The first-order valence-electron chi connectivity index (χ1n) is 10.3. The lowest BCUT2D eigenvalue weighted by Crippen LogP contribution is -2.19. The van der Waals surface area contributed by atoms with Crippen molar-refractivity contribution in [2.75, 3.05) is 28.8 Å². The summed E-state index contributed by atoms with van der Waals surface area (Å²) in [4.78, 5) is 13.4. The van der Waals surface area contributed by atoms with E-state index in [9.17, 15) is 4.79 Å². The van der Waals surface area contributed by atoms with E-state index < -0.39 is 0 Å². The molecule has 0 aliphatic heterocycles. The van der Waals surface area contributed by atoms with Crippen molar-refractivity contribution in [3.05, 3.63) is 91.0 Å². The largest absolute Gasteiger partial charge is 0.495 e. The van der Waals surface area contributed by atoms with Crippen LogP contribution in [0.25, 0.3) is 10.8 Å². The molecule has 0 aliphatic carbocycles. The van der Waals surface area contributed by atoms with Gasteiger partial charge in [-0.25, -0.2) is 0 Å². The van der Waals surface area contributed by atoms with E-state index in [-0.39, 0.29) is 5.91 Å². The summed E-state index contributed by atoms with van der Waals surface area (Å²) in [6.45, 7) is 0. The van der Waals surface area contributed by atoms with E-state index in [1.165, 1.54) is 11.8 Å². The maximum Gasteiger partial charge on any atom is 0.234 e. The molecular formula is C26H23N3O2S2. The summed E-state index contributed by atoms with van der Waals surface area (Å²) in [7, 11) is 1.62. The summed E-state index contributed by atoms with van der Waals surface area (Å²) < 4.78 is 5.34. The smallest absolute Gasteiger partial charge is 0.234 e. The number of thioether (sulfide) groups is 1. The first-order chi connectivity index (χ1) is 16.1. The molecule has 0 heterocycles. The van der Waals surface area contributed by atoms with Crippen LogP contribution in [0, 0.1) is 0 Å². The van der Waals surface area contributed by atoms with Gasteiger partial charge in [0.2, 0.25) is 5.91 Å². The van der Waals surface area contributed by atoms with Gasteiger partial charge < -0.3 is 20.7 Å². The molecule has 3 N–H and O–H groups in total. The van der Waals surface area contributed by atoms with Crippen LogP contribution in [0.4, 0.5) is 17.1 Å². The number of fused-ring (bicyclic) bond motifs is 1. The number of hydrogen-bond donors (Lipinski definition) is 3. The SMILES string of the molecule is COc1ccccc1NC(=S)Nc1cccc(SCC(=O)Nc2ccc3ccccc3c2)c1. The average molecular weight is 474 g/mol. The van der Waals surface area contributed by atoms with Crippen LogP contribution in [0.5, 0.6) is 5.75 Å². The first-order valence-corrected chi connectivity index (χ1v) is 11.7. The van der Waals surface area contributed by atoms with E-state index in [0.717, 1.165) is 32.7 Å². The molecule has 0 bridgehead atoms.